The third kappa shape index (κ3) is 7.76. The quantitative estimate of drug-likeness (QED) is 0.187. The number of carboxylic acid groups (broad SMARTS) is 1. The molecular formula is C33H36N2O7. The molecule has 0 radical (unpaired) electrons. The Morgan fingerprint density at radius 3 is 2.17 bits per heavy atom. The van der Waals surface area contributed by atoms with Gasteiger partial charge in [0.1, 0.15) is 23.3 Å². The lowest BCUT2D eigenvalue weighted by atomic mass is 9.97. The van der Waals surface area contributed by atoms with Crippen LogP contribution in [0.25, 0.3) is 22.6 Å². The first-order valence-corrected chi connectivity index (χ1v) is 13.8. The highest BCUT2D eigenvalue weighted by Gasteiger charge is 2.23. The molecule has 0 aliphatic heterocycles. The SMILES string of the molecule is COc1ccc(-c2ccc(-c3nc(CCOc4ccc(CCC(=O)O)c(C(N)C(=O)OC(C)C)c4)c(C)o3)cc2)cc1. The van der Waals surface area contributed by atoms with Crippen molar-refractivity contribution < 1.29 is 33.3 Å². The van der Waals surface area contributed by atoms with Gasteiger partial charge in [0.05, 0.1) is 25.5 Å². The molecule has 0 amide bonds. The first-order valence-electron chi connectivity index (χ1n) is 13.8. The first-order chi connectivity index (χ1) is 20.1. The predicted molar refractivity (Wildman–Crippen MR) is 158 cm³/mol. The molecule has 220 valence electrons. The van der Waals surface area contributed by atoms with Crippen LogP contribution in [0.4, 0.5) is 0 Å². The Bertz CT molecular complexity index is 1510. The molecule has 9 heteroatoms. The van der Waals surface area contributed by atoms with Crippen molar-refractivity contribution in [3.63, 3.8) is 0 Å². The van der Waals surface area contributed by atoms with Crippen molar-refractivity contribution in [2.45, 2.75) is 52.2 Å². The van der Waals surface area contributed by atoms with E-state index in [1.54, 1.807) is 39.2 Å². The molecule has 0 saturated carbocycles. The number of aryl methyl sites for hydroxylation is 2. The van der Waals surface area contributed by atoms with Gasteiger partial charge in [0.25, 0.3) is 0 Å². The molecule has 42 heavy (non-hydrogen) atoms. The molecule has 3 N–H and O–H groups in total. The van der Waals surface area contributed by atoms with Gasteiger partial charge in [-0.3, -0.25) is 4.79 Å². The fourth-order valence-corrected chi connectivity index (χ4v) is 4.49. The van der Waals surface area contributed by atoms with Crippen molar-refractivity contribution in [1.82, 2.24) is 4.98 Å². The van der Waals surface area contributed by atoms with E-state index in [1.165, 1.54) is 0 Å². The summed E-state index contributed by atoms with van der Waals surface area (Å²) in [7, 11) is 1.65. The van der Waals surface area contributed by atoms with E-state index >= 15 is 0 Å². The van der Waals surface area contributed by atoms with E-state index in [2.05, 4.69) is 4.98 Å². The van der Waals surface area contributed by atoms with Crippen LogP contribution in [0.5, 0.6) is 11.5 Å². The van der Waals surface area contributed by atoms with Crippen LogP contribution in [0.15, 0.2) is 71.1 Å². The second kappa shape index (κ2) is 13.8. The lowest BCUT2D eigenvalue weighted by Crippen LogP contribution is -2.27. The van der Waals surface area contributed by atoms with Gasteiger partial charge in [0, 0.05) is 18.4 Å². The highest BCUT2D eigenvalue weighted by molar-refractivity contribution is 5.78. The number of carbonyl (C=O) groups is 2. The predicted octanol–water partition coefficient (Wildman–Crippen LogP) is 5.92. The van der Waals surface area contributed by atoms with Gasteiger partial charge < -0.3 is 29.5 Å². The minimum absolute atomic E-state index is 0.0862. The molecule has 0 aliphatic rings. The van der Waals surface area contributed by atoms with Crippen molar-refractivity contribution in [2.24, 2.45) is 5.73 Å². The molecule has 0 aliphatic carbocycles. The van der Waals surface area contributed by atoms with Gasteiger partial charge in [0.2, 0.25) is 5.89 Å². The molecule has 1 unspecified atom stereocenters. The van der Waals surface area contributed by atoms with Crippen molar-refractivity contribution in [3.05, 3.63) is 89.3 Å². The molecule has 0 spiro atoms. The van der Waals surface area contributed by atoms with Crippen LogP contribution in [-0.2, 0) is 27.2 Å². The second-order valence-corrected chi connectivity index (χ2v) is 10.1. The number of carboxylic acids is 1. The van der Waals surface area contributed by atoms with E-state index in [9.17, 15) is 9.59 Å². The molecule has 1 aromatic heterocycles. The maximum Gasteiger partial charge on any atom is 0.327 e. The zero-order valence-corrected chi connectivity index (χ0v) is 24.3. The van der Waals surface area contributed by atoms with Gasteiger partial charge in [-0.1, -0.05) is 30.3 Å². The summed E-state index contributed by atoms with van der Waals surface area (Å²) in [5.74, 6) is 1.04. The first kappa shape index (κ1) is 30.3. The Morgan fingerprint density at radius 1 is 0.929 bits per heavy atom. The number of carbonyl (C=O) groups excluding carboxylic acids is 1. The summed E-state index contributed by atoms with van der Waals surface area (Å²) in [6.07, 6.45) is 0.316. The van der Waals surface area contributed by atoms with Crippen LogP contribution in [0.1, 0.15) is 48.9 Å². The number of ether oxygens (including phenoxy) is 3. The summed E-state index contributed by atoms with van der Waals surface area (Å²) in [5, 5.41) is 9.12. The summed E-state index contributed by atoms with van der Waals surface area (Å²) >= 11 is 0. The third-order valence-corrected chi connectivity index (χ3v) is 6.72. The molecular weight excluding hydrogens is 536 g/mol. The van der Waals surface area contributed by atoms with Crippen LogP contribution in [-0.4, -0.2) is 41.8 Å². The van der Waals surface area contributed by atoms with Crippen LogP contribution in [0, 0.1) is 6.92 Å². The number of oxazole rings is 1. The molecule has 1 heterocycles. The largest absolute Gasteiger partial charge is 0.497 e. The average molecular weight is 573 g/mol. The average Bonchev–Trinajstić information content (AvgIpc) is 3.35. The Morgan fingerprint density at radius 2 is 1.55 bits per heavy atom. The summed E-state index contributed by atoms with van der Waals surface area (Å²) < 4.78 is 22.4. The maximum absolute atomic E-state index is 12.5. The fourth-order valence-electron chi connectivity index (χ4n) is 4.49. The molecule has 0 bridgehead atoms. The van der Waals surface area contributed by atoms with Gasteiger partial charge in [-0.2, -0.15) is 0 Å². The molecule has 4 rings (SSSR count). The Labute approximate surface area is 245 Å². The monoisotopic (exact) mass is 572 g/mol. The highest BCUT2D eigenvalue weighted by Crippen LogP contribution is 2.28. The molecule has 3 aromatic carbocycles. The smallest absolute Gasteiger partial charge is 0.327 e. The van der Waals surface area contributed by atoms with Gasteiger partial charge in [-0.05, 0) is 85.8 Å². The van der Waals surface area contributed by atoms with Crippen molar-refractivity contribution >= 4 is 11.9 Å². The van der Waals surface area contributed by atoms with Gasteiger partial charge in [0.15, 0.2) is 0 Å². The van der Waals surface area contributed by atoms with Gasteiger partial charge >= 0.3 is 11.9 Å². The molecule has 9 nitrogen and oxygen atoms in total. The lowest BCUT2D eigenvalue weighted by Gasteiger charge is -2.18. The second-order valence-electron chi connectivity index (χ2n) is 10.1. The van der Waals surface area contributed by atoms with Crippen molar-refractivity contribution in [3.8, 4) is 34.1 Å². The van der Waals surface area contributed by atoms with Crippen LogP contribution in [0.3, 0.4) is 0 Å². The molecule has 0 saturated heterocycles. The minimum atomic E-state index is -1.06. The standard InChI is InChI=1S/C33H36N2O7/c1-20(2)41-33(38)31(34)28-19-27(15-11-24(28)12-16-30(36)37)40-18-17-29-21(3)42-32(35-29)25-7-5-22(6-8-25)23-9-13-26(39-4)14-10-23/h5-11,13-15,19-20,31H,12,16-18,34H2,1-4H3,(H,36,37). The molecule has 0 fully saturated rings. The zero-order chi connectivity index (χ0) is 30.2. The van der Waals surface area contributed by atoms with E-state index in [0.29, 0.717) is 41.6 Å². The lowest BCUT2D eigenvalue weighted by molar-refractivity contribution is -0.149. The minimum Gasteiger partial charge on any atom is -0.497 e. The van der Waals surface area contributed by atoms with Crippen LogP contribution >= 0.6 is 0 Å². The molecule has 1 atom stereocenters. The number of rotatable bonds is 13. The van der Waals surface area contributed by atoms with Gasteiger partial charge in [-0.25, -0.2) is 9.78 Å². The number of hydrogen-bond donors (Lipinski definition) is 2. The van der Waals surface area contributed by atoms with E-state index in [-0.39, 0.29) is 18.9 Å². The van der Waals surface area contributed by atoms with Crippen LogP contribution in [0.2, 0.25) is 0 Å². The van der Waals surface area contributed by atoms with E-state index in [0.717, 1.165) is 28.1 Å². The van der Waals surface area contributed by atoms with Crippen molar-refractivity contribution in [2.75, 3.05) is 13.7 Å². The topological polar surface area (TPSA) is 134 Å². The summed E-state index contributed by atoms with van der Waals surface area (Å²) in [5.41, 5.74) is 11.2. The number of methoxy groups -OCH3 is 1. The number of aliphatic carboxylic acids is 1. The number of esters is 1. The maximum atomic E-state index is 12.5. The molecule has 4 aromatic rings. The fraction of sp³-hybridized carbons (Fsp3) is 0.303. The number of aromatic nitrogens is 1. The number of benzene rings is 3. The number of nitrogens with two attached hydrogens (primary N) is 1. The summed E-state index contributed by atoms with van der Waals surface area (Å²) in [6.45, 7) is 5.66. The normalized spacial score (nSPS) is 11.8. The Balaban J connectivity index is 1.42. The van der Waals surface area contributed by atoms with E-state index < -0.39 is 18.0 Å². The number of hydrogen-bond acceptors (Lipinski definition) is 8. The Kier molecular flexibility index (Phi) is 9.98. The van der Waals surface area contributed by atoms with Crippen molar-refractivity contribution in [1.29, 1.82) is 0 Å². The summed E-state index contributed by atoms with van der Waals surface area (Å²) in [6, 6.07) is 20.0. The number of nitrogens with zero attached hydrogens (tertiary/aromatic N) is 1. The zero-order valence-electron chi connectivity index (χ0n) is 24.3. The highest BCUT2D eigenvalue weighted by atomic mass is 16.5. The van der Waals surface area contributed by atoms with E-state index in [4.69, 9.17) is 29.5 Å². The van der Waals surface area contributed by atoms with Gasteiger partial charge in [-0.15, -0.1) is 0 Å². The third-order valence-electron chi connectivity index (χ3n) is 6.72. The Hall–Kier alpha value is -4.63. The summed E-state index contributed by atoms with van der Waals surface area (Å²) in [4.78, 5) is 28.3. The van der Waals surface area contributed by atoms with Crippen LogP contribution < -0.4 is 15.2 Å². The van der Waals surface area contributed by atoms with E-state index in [1.807, 2.05) is 55.5 Å².